The fourth-order valence-electron chi connectivity index (χ4n) is 1.86. The predicted molar refractivity (Wildman–Crippen MR) is 69.2 cm³/mol. The van der Waals surface area contributed by atoms with Crippen LogP contribution in [0.15, 0.2) is 18.2 Å². The first-order chi connectivity index (χ1) is 8.91. The van der Waals surface area contributed by atoms with E-state index in [1.807, 2.05) is 0 Å². The number of nitrogens with zero attached hydrogens (tertiary/aromatic N) is 2. The van der Waals surface area contributed by atoms with E-state index in [0.29, 0.717) is 10.7 Å². The maximum absolute atomic E-state index is 14.0. The van der Waals surface area contributed by atoms with Gasteiger partial charge in [0.1, 0.15) is 5.82 Å². The van der Waals surface area contributed by atoms with Gasteiger partial charge in [0.15, 0.2) is 0 Å². The van der Waals surface area contributed by atoms with Crippen LogP contribution in [0.25, 0.3) is 0 Å². The Balaban J connectivity index is 2.41. The number of benzene rings is 1. The molecule has 1 heterocycles. The lowest BCUT2D eigenvalue weighted by Crippen LogP contribution is -2.09. The van der Waals surface area contributed by atoms with Crippen molar-refractivity contribution >= 4 is 17.6 Å². The molecular weight excluding hydrogens is 271 g/mol. The number of carboxylic acid groups (broad SMARTS) is 1. The van der Waals surface area contributed by atoms with Gasteiger partial charge in [0.25, 0.3) is 0 Å². The van der Waals surface area contributed by atoms with Gasteiger partial charge in [-0.15, -0.1) is 0 Å². The molecule has 0 atom stereocenters. The van der Waals surface area contributed by atoms with Crippen molar-refractivity contribution in [1.82, 2.24) is 9.78 Å². The Morgan fingerprint density at radius 2 is 2.16 bits per heavy atom. The highest BCUT2D eigenvalue weighted by molar-refractivity contribution is 6.31. The Morgan fingerprint density at radius 3 is 2.68 bits per heavy atom. The van der Waals surface area contributed by atoms with E-state index in [0.717, 1.165) is 5.69 Å². The molecule has 0 aliphatic heterocycles. The van der Waals surface area contributed by atoms with E-state index in [2.05, 4.69) is 5.10 Å². The first-order valence-electron chi connectivity index (χ1n) is 5.62. The molecule has 0 saturated carbocycles. The summed E-state index contributed by atoms with van der Waals surface area (Å²) in [5.74, 6) is -2.02. The zero-order chi connectivity index (χ0) is 14.2. The maximum atomic E-state index is 14.0. The van der Waals surface area contributed by atoms with Crippen molar-refractivity contribution in [3.63, 3.8) is 0 Å². The van der Waals surface area contributed by atoms with Gasteiger partial charge < -0.3 is 5.11 Å². The number of aromatic carboxylic acids is 1. The highest BCUT2D eigenvalue weighted by Crippen LogP contribution is 2.21. The largest absolute Gasteiger partial charge is 0.478 e. The third-order valence-corrected chi connectivity index (χ3v) is 3.47. The molecule has 100 valence electrons. The second-order valence-electron chi connectivity index (χ2n) is 4.23. The van der Waals surface area contributed by atoms with Crippen molar-refractivity contribution < 1.29 is 14.3 Å². The van der Waals surface area contributed by atoms with Gasteiger partial charge in [0.2, 0.25) is 0 Å². The Kier molecular flexibility index (Phi) is 3.57. The van der Waals surface area contributed by atoms with Crippen molar-refractivity contribution in [1.29, 1.82) is 0 Å². The molecule has 0 radical (unpaired) electrons. The van der Waals surface area contributed by atoms with Gasteiger partial charge in [0.05, 0.1) is 28.5 Å². The average Bonchev–Trinajstić information content (AvgIpc) is 2.59. The Bertz CT molecular complexity index is 652. The molecule has 0 amide bonds. The molecule has 1 N–H and O–H groups in total. The highest BCUT2D eigenvalue weighted by atomic mass is 35.5. The number of hydrogen-bond acceptors (Lipinski definition) is 2. The zero-order valence-corrected chi connectivity index (χ0v) is 11.2. The quantitative estimate of drug-likeness (QED) is 0.941. The predicted octanol–water partition coefficient (Wildman–Crippen LogP) is 3.04. The van der Waals surface area contributed by atoms with Crippen LogP contribution in [-0.2, 0) is 6.54 Å². The lowest BCUT2D eigenvalue weighted by Gasteiger charge is -2.07. The van der Waals surface area contributed by atoms with Gasteiger partial charge in [0, 0.05) is 5.56 Å². The summed E-state index contributed by atoms with van der Waals surface area (Å²) >= 11 is 6.01. The van der Waals surface area contributed by atoms with E-state index in [-0.39, 0.29) is 17.7 Å². The monoisotopic (exact) mass is 282 g/mol. The van der Waals surface area contributed by atoms with Crippen LogP contribution in [0.5, 0.6) is 0 Å². The number of aromatic nitrogens is 2. The van der Waals surface area contributed by atoms with Gasteiger partial charge in [-0.1, -0.05) is 23.7 Å². The topological polar surface area (TPSA) is 55.1 Å². The van der Waals surface area contributed by atoms with Crippen LogP contribution in [0.4, 0.5) is 4.39 Å². The molecule has 1 aromatic carbocycles. The van der Waals surface area contributed by atoms with Crippen LogP contribution in [-0.4, -0.2) is 20.9 Å². The summed E-state index contributed by atoms with van der Waals surface area (Å²) in [5.41, 5.74) is 1.31. The SMILES string of the molecule is Cc1nn(Cc2cccc(C(=O)O)c2F)c(C)c1Cl. The second-order valence-corrected chi connectivity index (χ2v) is 4.60. The number of rotatable bonds is 3. The highest BCUT2D eigenvalue weighted by Gasteiger charge is 2.16. The van der Waals surface area contributed by atoms with Crippen molar-refractivity contribution in [2.75, 3.05) is 0 Å². The van der Waals surface area contributed by atoms with Crippen LogP contribution < -0.4 is 0 Å². The van der Waals surface area contributed by atoms with Crippen LogP contribution in [0, 0.1) is 19.7 Å². The zero-order valence-electron chi connectivity index (χ0n) is 10.4. The van der Waals surface area contributed by atoms with E-state index in [4.69, 9.17) is 16.7 Å². The van der Waals surface area contributed by atoms with Crippen LogP contribution >= 0.6 is 11.6 Å². The lowest BCUT2D eigenvalue weighted by atomic mass is 10.1. The summed E-state index contributed by atoms with van der Waals surface area (Å²) < 4.78 is 15.6. The van der Waals surface area contributed by atoms with Gasteiger partial charge in [-0.25, -0.2) is 9.18 Å². The van der Waals surface area contributed by atoms with E-state index in [1.54, 1.807) is 18.5 Å². The maximum Gasteiger partial charge on any atom is 0.338 e. The lowest BCUT2D eigenvalue weighted by molar-refractivity contribution is 0.0691. The first kappa shape index (κ1) is 13.5. The van der Waals surface area contributed by atoms with E-state index >= 15 is 0 Å². The minimum Gasteiger partial charge on any atom is -0.478 e. The molecule has 4 nitrogen and oxygen atoms in total. The van der Waals surface area contributed by atoms with E-state index in [9.17, 15) is 9.18 Å². The molecule has 0 spiro atoms. The Labute approximate surface area is 114 Å². The molecule has 2 aromatic rings. The molecule has 19 heavy (non-hydrogen) atoms. The van der Waals surface area contributed by atoms with E-state index < -0.39 is 11.8 Å². The molecule has 0 fully saturated rings. The third-order valence-electron chi connectivity index (χ3n) is 2.92. The van der Waals surface area contributed by atoms with Crippen molar-refractivity contribution in [3.05, 3.63) is 51.6 Å². The Morgan fingerprint density at radius 1 is 1.47 bits per heavy atom. The van der Waals surface area contributed by atoms with Gasteiger partial charge in [-0.3, -0.25) is 4.68 Å². The third kappa shape index (κ3) is 2.46. The molecule has 0 saturated heterocycles. The molecule has 0 aliphatic carbocycles. The van der Waals surface area contributed by atoms with Crippen molar-refractivity contribution in [2.45, 2.75) is 20.4 Å². The number of halogens is 2. The van der Waals surface area contributed by atoms with Gasteiger partial charge in [-0.2, -0.15) is 5.10 Å². The molecule has 6 heteroatoms. The van der Waals surface area contributed by atoms with Gasteiger partial charge in [-0.05, 0) is 19.9 Å². The molecule has 0 unspecified atom stereocenters. The summed E-state index contributed by atoms with van der Waals surface area (Å²) in [7, 11) is 0. The fourth-order valence-corrected chi connectivity index (χ4v) is 1.99. The van der Waals surface area contributed by atoms with E-state index in [1.165, 1.54) is 18.2 Å². The number of hydrogen-bond donors (Lipinski definition) is 1. The summed E-state index contributed by atoms with van der Waals surface area (Å²) in [6.07, 6.45) is 0. The normalized spacial score (nSPS) is 10.7. The molecule has 1 aromatic heterocycles. The van der Waals surface area contributed by atoms with Crippen LogP contribution in [0.1, 0.15) is 27.3 Å². The van der Waals surface area contributed by atoms with Crippen molar-refractivity contribution in [3.8, 4) is 0 Å². The summed E-state index contributed by atoms with van der Waals surface area (Å²) in [6, 6.07) is 4.27. The molecule has 2 rings (SSSR count). The number of carboxylic acids is 1. The van der Waals surface area contributed by atoms with Gasteiger partial charge >= 0.3 is 5.97 Å². The number of carbonyl (C=O) groups is 1. The summed E-state index contributed by atoms with van der Waals surface area (Å²) in [4.78, 5) is 10.9. The van der Waals surface area contributed by atoms with Crippen LogP contribution in [0.3, 0.4) is 0 Å². The minimum absolute atomic E-state index is 0.145. The standard InChI is InChI=1S/C13H12ClFN2O2/c1-7-11(14)8(2)17(16-7)6-9-4-3-5-10(12(9)15)13(18)19/h3-5H,6H2,1-2H3,(H,18,19). The number of aryl methyl sites for hydroxylation is 1. The molecule has 0 aliphatic rings. The molecular formula is C13H12ClFN2O2. The molecule has 0 bridgehead atoms. The summed E-state index contributed by atoms with van der Waals surface area (Å²) in [6.45, 7) is 3.68. The minimum atomic E-state index is -1.29. The Hall–Kier alpha value is -1.88. The smallest absolute Gasteiger partial charge is 0.338 e. The first-order valence-corrected chi connectivity index (χ1v) is 5.99. The summed E-state index contributed by atoms with van der Waals surface area (Å²) in [5, 5.41) is 13.6. The second kappa shape index (κ2) is 5.01. The van der Waals surface area contributed by atoms with Crippen LogP contribution in [0.2, 0.25) is 5.02 Å². The fraction of sp³-hybridized carbons (Fsp3) is 0.231. The van der Waals surface area contributed by atoms with Crippen molar-refractivity contribution in [2.24, 2.45) is 0 Å². The average molecular weight is 283 g/mol.